The Bertz CT molecular complexity index is 994. The number of carbonyl (C=O) groups is 4. The number of Topliss-reactive ketones (excluding diaryl/α,β-unsaturated/α-hetero) is 2. The van der Waals surface area contributed by atoms with Gasteiger partial charge in [-0.2, -0.15) is 0 Å². The number of esters is 2. The highest BCUT2D eigenvalue weighted by Crippen LogP contribution is 2.39. The van der Waals surface area contributed by atoms with Crippen molar-refractivity contribution in [1.29, 1.82) is 0 Å². The van der Waals surface area contributed by atoms with Crippen LogP contribution in [-0.4, -0.2) is 63.1 Å². The van der Waals surface area contributed by atoms with Gasteiger partial charge in [-0.25, -0.2) is 9.59 Å². The minimum atomic E-state index is -0.446. The summed E-state index contributed by atoms with van der Waals surface area (Å²) in [5.41, 5.74) is 1.22. The Morgan fingerprint density at radius 1 is 0.667 bits per heavy atom. The number of hydrogen-bond donors (Lipinski definition) is 0. The van der Waals surface area contributed by atoms with Crippen LogP contribution in [0.15, 0.2) is 47.6 Å². The lowest BCUT2D eigenvalue weighted by atomic mass is 9.69. The first-order valence-corrected chi connectivity index (χ1v) is 14.9. The topological polar surface area (TPSA) is 105 Å². The maximum Gasteiger partial charge on any atom is 0.330 e. The maximum absolute atomic E-state index is 12.5. The second-order valence-electron chi connectivity index (χ2n) is 13.3. The van der Waals surface area contributed by atoms with Gasteiger partial charge in [0.1, 0.15) is 13.2 Å². The summed E-state index contributed by atoms with van der Waals surface area (Å²) in [6, 6.07) is 0. The molecule has 2 aliphatic rings. The zero-order valence-electron chi connectivity index (χ0n) is 26.7. The highest BCUT2D eigenvalue weighted by Gasteiger charge is 2.37. The predicted molar refractivity (Wildman–Crippen MR) is 161 cm³/mol. The second kappa shape index (κ2) is 16.1. The van der Waals surface area contributed by atoms with Gasteiger partial charge in [-0.3, -0.25) is 9.59 Å². The standard InChI is InChI=1S/C34H50O8/c1-23-19-25(21-27(31(23)37)33(3,4)5)9-11-29(35)41-17-15-39-13-14-40-16-18-42-30(36)12-10-26-20-24(2)32(38)28(22-26)34(6,7)8/h9-12,19-20,25-28H,13-18,21-22H2,1-8H3. The largest absolute Gasteiger partial charge is 0.460 e. The summed E-state index contributed by atoms with van der Waals surface area (Å²) in [4.78, 5) is 49.0. The molecule has 0 N–H and O–H groups in total. The lowest BCUT2D eigenvalue weighted by Gasteiger charge is -2.34. The molecule has 42 heavy (non-hydrogen) atoms. The molecule has 0 aromatic carbocycles. The van der Waals surface area contributed by atoms with Crippen LogP contribution in [0.4, 0.5) is 0 Å². The van der Waals surface area contributed by atoms with E-state index in [1.54, 1.807) is 12.2 Å². The molecule has 2 aliphatic carbocycles. The van der Waals surface area contributed by atoms with Gasteiger partial charge in [0.2, 0.25) is 0 Å². The lowest BCUT2D eigenvalue weighted by molar-refractivity contribution is -0.141. The molecule has 0 fully saturated rings. The molecule has 0 amide bonds. The van der Waals surface area contributed by atoms with Gasteiger partial charge >= 0.3 is 11.9 Å². The van der Waals surface area contributed by atoms with E-state index >= 15 is 0 Å². The Balaban J connectivity index is 1.54. The molecule has 0 radical (unpaired) electrons. The molecule has 4 unspecified atom stereocenters. The van der Waals surface area contributed by atoms with E-state index in [0.29, 0.717) is 26.1 Å². The summed E-state index contributed by atoms with van der Waals surface area (Å²) in [5.74, 6) is -0.627. The van der Waals surface area contributed by atoms with Gasteiger partial charge < -0.3 is 18.9 Å². The average Bonchev–Trinajstić information content (AvgIpc) is 2.89. The SMILES string of the molecule is CC1=CC(C=CC(=O)OCCOCCOCCOC(=O)C=CC2C=C(C)C(=O)C(C(C)(C)C)C2)CC(C(C)(C)C)C1=O. The highest BCUT2D eigenvalue weighted by molar-refractivity contribution is 5.98. The smallest absolute Gasteiger partial charge is 0.330 e. The lowest BCUT2D eigenvalue weighted by Crippen LogP contribution is -2.33. The zero-order valence-corrected chi connectivity index (χ0v) is 26.7. The fraction of sp³-hybridized carbons (Fsp3) is 0.647. The van der Waals surface area contributed by atoms with Gasteiger partial charge in [0.25, 0.3) is 0 Å². The third kappa shape index (κ3) is 11.8. The maximum atomic E-state index is 12.5. The Morgan fingerprint density at radius 2 is 1.00 bits per heavy atom. The molecule has 234 valence electrons. The minimum absolute atomic E-state index is 0.0228. The molecule has 0 bridgehead atoms. The monoisotopic (exact) mass is 586 g/mol. The first kappa shape index (κ1) is 35.4. The van der Waals surface area contributed by atoms with Gasteiger partial charge in [0, 0.05) is 24.0 Å². The molecule has 0 aromatic rings. The van der Waals surface area contributed by atoms with Gasteiger partial charge in [-0.1, -0.05) is 65.8 Å². The van der Waals surface area contributed by atoms with E-state index in [1.807, 2.05) is 26.0 Å². The Hall–Kier alpha value is -2.84. The Kier molecular flexibility index (Phi) is 13.6. The van der Waals surface area contributed by atoms with Crippen molar-refractivity contribution in [1.82, 2.24) is 0 Å². The summed E-state index contributed by atoms with van der Waals surface area (Å²) < 4.78 is 21.2. The number of allylic oxidation sites excluding steroid dienone is 6. The quantitative estimate of drug-likeness (QED) is 0.156. The molecule has 2 rings (SSSR count). The first-order valence-electron chi connectivity index (χ1n) is 14.9. The fourth-order valence-electron chi connectivity index (χ4n) is 5.24. The van der Waals surface area contributed by atoms with Crippen molar-refractivity contribution in [2.75, 3.05) is 39.6 Å². The number of ketones is 2. The van der Waals surface area contributed by atoms with Crippen molar-refractivity contribution >= 4 is 23.5 Å². The van der Waals surface area contributed by atoms with E-state index in [1.165, 1.54) is 12.2 Å². The molecule has 0 saturated carbocycles. The summed E-state index contributed by atoms with van der Waals surface area (Å²) in [5, 5.41) is 0. The van der Waals surface area contributed by atoms with E-state index in [2.05, 4.69) is 41.5 Å². The molecule has 0 saturated heterocycles. The predicted octanol–water partition coefficient (Wildman–Crippen LogP) is 5.61. The Morgan fingerprint density at radius 3 is 1.33 bits per heavy atom. The third-order valence-corrected chi connectivity index (χ3v) is 7.72. The number of rotatable bonds is 13. The van der Waals surface area contributed by atoms with Crippen LogP contribution >= 0.6 is 0 Å². The number of hydrogen-bond acceptors (Lipinski definition) is 8. The minimum Gasteiger partial charge on any atom is -0.460 e. The molecule has 8 nitrogen and oxygen atoms in total. The average molecular weight is 587 g/mol. The van der Waals surface area contributed by atoms with Crippen LogP contribution < -0.4 is 0 Å². The summed E-state index contributed by atoms with van der Waals surface area (Å²) in [6.07, 6.45) is 11.6. The zero-order chi connectivity index (χ0) is 31.5. The Labute approximate surface area is 251 Å². The van der Waals surface area contributed by atoms with Crippen molar-refractivity contribution in [2.24, 2.45) is 34.5 Å². The number of ether oxygens (including phenoxy) is 4. The molecular formula is C34H50O8. The molecule has 4 atom stereocenters. The first-order chi connectivity index (χ1) is 19.6. The molecule has 0 heterocycles. The van der Waals surface area contributed by atoms with Crippen LogP contribution in [0.25, 0.3) is 0 Å². The van der Waals surface area contributed by atoms with Crippen LogP contribution in [0.3, 0.4) is 0 Å². The fourth-order valence-corrected chi connectivity index (χ4v) is 5.24. The van der Waals surface area contributed by atoms with Crippen LogP contribution in [0.2, 0.25) is 0 Å². The van der Waals surface area contributed by atoms with Crippen LogP contribution in [0, 0.1) is 34.5 Å². The second-order valence-corrected chi connectivity index (χ2v) is 13.3. The molecule has 8 heteroatoms. The number of carbonyl (C=O) groups excluding carboxylic acids is 4. The van der Waals surface area contributed by atoms with Crippen molar-refractivity contribution in [3.63, 3.8) is 0 Å². The summed E-state index contributed by atoms with van der Waals surface area (Å²) >= 11 is 0. The highest BCUT2D eigenvalue weighted by atomic mass is 16.6. The van der Waals surface area contributed by atoms with Crippen molar-refractivity contribution in [2.45, 2.75) is 68.2 Å². The summed E-state index contributed by atoms with van der Waals surface area (Å²) in [7, 11) is 0. The van der Waals surface area contributed by atoms with E-state index in [9.17, 15) is 19.2 Å². The van der Waals surface area contributed by atoms with Gasteiger partial charge in [0.15, 0.2) is 11.6 Å². The normalized spacial score (nSPS) is 23.7. The van der Waals surface area contributed by atoms with Gasteiger partial charge in [-0.05, 0) is 60.5 Å². The van der Waals surface area contributed by atoms with Crippen molar-refractivity contribution < 1.29 is 38.1 Å². The summed E-state index contributed by atoms with van der Waals surface area (Å²) in [6.45, 7) is 17.4. The van der Waals surface area contributed by atoms with E-state index in [4.69, 9.17) is 18.9 Å². The van der Waals surface area contributed by atoms with Crippen LogP contribution in [0.5, 0.6) is 0 Å². The van der Waals surface area contributed by atoms with E-state index in [-0.39, 0.29) is 72.5 Å². The van der Waals surface area contributed by atoms with Crippen LogP contribution in [-0.2, 0) is 38.1 Å². The van der Waals surface area contributed by atoms with Crippen molar-refractivity contribution in [3.8, 4) is 0 Å². The molecule has 0 spiro atoms. The molecule has 0 aliphatic heterocycles. The third-order valence-electron chi connectivity index (χ3n) is 7.72. The van der Waals surface area contributed by atoms with E-state index in [0.717, 1.165) is 11.1 Å². The van der Waals surface area contributed by atoms with Crippen LogP contribution in [0.1, 0.15) is 68.2 Å². The molecule has 0 aromatic heterocycles. The van der Waals surface area contributed by atoms with E-state index < -0.39 is 11.9 Å². The van der Waals surface area contributed by atoms with Crippen molar-refractivity contribution in [3.05, 3.63) is 47.6 Å². The van der Waals surface area contributed by atoms with Gasteiger partial charge in [0.05, 0.1) is 26.4 Å². The van der Waals surface area contributed by atoms with Gasteiger partial charge in [-0.15, -0.1) is 0 Å². The molecular weight excluding hydrogens is 536 g/mol.